The van der Waals surface area contributed by atoms with Crippen molar-refractivity contribution in [2.45, 2.75) is 6.54 Å². The molecule has 0 aromatic heterocycles. The van der Waals surface area contributed by atoms with E-state index in [1.54, 1.807) is 26.4 Å². The zero-order chi connectivity index (χ0) is 13.7. The van der Waals surface area contributed by atoms with Gasteiger partial charge in [-0.15, -0.1) is 0 Å². The maximum absolute atomic E-state index is 9.22. The summed E-state index contributed by atoms with van der Waals surface area (Å²) in [5.74, 6) is 1.67. The summed E-state index contributed by atoms with van der Waals surface area (Å²) in [7, 11) is 3.23. The highest BCUT2D eigenvalue weighted by Crippen LogP contribution is 2.29. The minimum Gasteiger partial charge on any atom is -0.508 e. The van der Waals surface area contributed by atoms with Crippen LogP contribution in [0.4, 0.5) is 5.69 Å². The second-order valence-electron chi connectivity index (χ2n) is 4.09. The number of hydrogen-bond donors (Lipinski definition) is 2. The van der Waals surface area contributed by atoms with E-state index in [-0.39, 0.29) is 5.75 Å². The molecule has 2 aromatic carbocycles. The van der Waals surface area contributed by atoms with E-state index in [4.69, 9.17) is 9.47 Å². The average Bonchev–Trinajstić information content (AvgIpc) is 2.46. The molecule has 4 heteroatoms. The van der Waals surface area contributed by atoms with Gasteiger partial charge in [0.2, 0.25) is 0 Å². The van der Waals surface area contributed by atoms with Gasteiger partial charge in [-0.05, 0) is 29.8 Å². The fraction of sp³-hybridized carbons (Fsp3) is 0.200. The van der Waals surface area contributed by atoms with E-state index in [9.17, 15) is 5.11 Å². The van der Waals surface area contributed by atoms with Crippen LogP contribution in [0.5, 0.6) is 17.2 Å². The van der Waals surface area contributed by atoms with Crippen LogP contribution in [0.25, 0.3) is 0 Å². The van der Waals surface area contributed by atoms with Crippen molar-refractivity contribution in [1.29, 1.82) is 0 Å². The normalized spacial score (nSPS) is 10.0. The molecule has 0 aliphatic carbocycles. The lowest BCUT2D eigenvalue weighted by Gasteiger charge is -2.11. The first-order valence-corrected chi connectivity index (χ1v) is 5.96. The molecular formula is C15H17NO3. The summed E-state index contributed by atoms with van der Waals surface area (Å²) < 4.78 is 10.4. The van der Waals surface area contributed by atoms with Gasteiger partial charge in [-0.1, -0.05) is 12.1 Å². The highest BCUT2D eigenvalue weighted by Gasteiger charge is 2.04. The molecule has 2 aromatic rings. The first kappa shape index (κ1) is 13.1. The average molecular weight is 259 g/mol. The lowest BCUT2D eigenvalue weighted by molar-refractivity contribution is 0.355. The molecule has 0 unspecified atom stereocenters. The summed E-state index contributed by atoms with van der Waals surface area (Å²) in [4.78, 5) is 0. The fourth-order valence-corrected chi connectivity index (χ4v) is 1.76. The van der Waals surface area contributed by atoms with E-state index >= 15 is 0 Å². The van der Waals surface area contributed by atoms with Crippen LogP contribution in [0.2, 0.25) is 0 Å². The van der Waals surface area contributed by atoms with E-state index in [2.05, 4.69) is 5.32 Å². The van der Waals surface area contributed by atoms with Crippen LogP contribution < -0.4 is 14.8 Å². The van der Waals surface area contributed by atoms with Gasteiger partial charge in [0.1, 0.15) is 5.75 Å². The molecule has 2 N–H and O–H groups in total. The number of rotatable bonds is 5. The monoisotopic (exact) mass is 259 g/mol. The molecular weight excluding hydrogens is 242 g/mol. The summed E-state index contributed by atoms with van der Waals surface area (Å²) in [6.07, 6.45) is 0. The van der Waals surface area contributed by atoms with Gasteiger partial charge in [0.05, 0.1) is 14.2 Å². The van der Waals surface area contributed by atoms with Crippen LogP contribution in [0.3, 0.4) is 0 Å². The van der Waals surface area contributed by atoms with E-state index in [0.717, 1.165) is 11.3 Å². The Kier molecular flexibility index (Phi) is 4.13. The molecule has 19 heavy (non-hydrogen) atoms. The number of anilines is 1. The van der Waals surface area contributed by atoms with Crippen molar-refractivity contribution in [3.8, 4) is 17.2 Å². The summed E-state index contributed by atoms with van der Waals surface area (Å²) >= 11 is 0. The van der Waals surface area contributed by atoms with Crippen LogP contribution in [0.1, 0.15) is 5.56 Å². The number of phenolic OH excluding ortho intramolecular Hbond substituents is 1. The number of methoxy groups -OCH3 is 2. The maximum atomic E-state index is 9.22. The third kappa shape index (κ3) is 3.31. The Morgan fingerprint density at radius 2 is 1.63 bits per heavy atom. The Morgan fingerprint density at radius 1 is 0.947 bits per heavy atom. The van der Waals surface area contributed by atoms with Crippen LogP contribution in [0, 0.1) is 0 Å². The van der Waals surface area contributed by atoms with Gasteiger partial charge in [-0.2, -0.15) is 0 Å². The number of hydrogen-bond acceptors (Lipinski definition) is 4. The fourth-order valence-electron chi connectivity index (χ4n) is 1.76. The topological polar surface area (TPSA) is 50.7 Å². The van der Waals surface area contributed by atoms with Crippen molar-refractivity contribution in [3.05, 3.63) is 48.0 Å². The van der Waals surface area contributed by atoms with E-state index in [0.29, 0.717) is 18.0 Å². The SMILES string of the molecule is COc1ccc(NCc2ccc(O)cc2)cc1OC. The largest absolute Gasteiger partial charge is 0.508 e. The second-order valence-corrected chi connectivity index (χ2v) is 4.09. The molecule has 0 amide bonds. The van der Waals surface area contributed by atoms with Gasteiger partial charge < -0.3 is 19.9 Å². The van der Waals surface area contributed by atoms with Gasteiger partial charge in [0.15, 0.2) is 11.5 Å². The molecule has 0 saturated carbocycles. The molecule has 0 atom stereocenters. The Balaban J connectivity index is 2.05. The van der Waals surface area contributed by atoms with Crippen LogP contribution in [0.15, 0.2) is 42.5 Å². The molecule has 100 valence electrons. The highest BCUT2D eigenvalue weighted by molar-refractivity contribution is 5.55. The third-order valence-corrected chi connectivity index (χ3v) is 2.82. The lowest BCUT2D eigenvalue weighted by Crippen LogP contribution is -2.00. The van der Waals surface area contributed by atoms with E-state index in [1.807, 2.05) is 30.3 Å². The second kappa shape index (κ2) is 6.00. The molecule has 4 nitrogen and oxygen atoms in total. The van der Waals surface area contributed by atoms with Gasteiger partial charge in [-0.3, -0.25) is 0 Å². The van der Waals surface area contributed by atoms with Gasteiger partial charge in [-0.25, -0.2) is 0 Å². The summed E-state index contributed by atoms with van der Waals surface area (Å²) in [6.45, 7) is 0.676. The molecule has 0 radical (unpaired) electrons. The zero-order valence-corrected chi connectivity index (χ0v) is 11.0. The Hall–Kier alpha value is -2.36. The minimum atomic E-state index is 0.273. The van der Waals surface area contributed by atoms with Crippen LogP contribution >= 0.6 is 0 Å². The van der Waals surface area contributed by atoms with E-state index in [1.165, 1.54) is 0 Å². The quantitative estimate of drug-likeness (QED) is 0.866. The predicted octanol–water partition coefficient (Wildman–Crippen LogP) is 3.02. The summed E-state index contributed by atoms with van der Waals surface area (Å²) in [6, 6.07) is 12.8. The lowest BCUT2D eigenvalue weighted by atomic mass is 10.2. The maximum Gasteiger partial charge on any atom is 0.162 e. The Labute approximate surface area is 112 Å². The minimum absolute atomic E-state index is 0.273. The number of aromatic hydroxyl groups is 1. The standard InChI is InChI=1S/C15H17NO3/c1-18-14-8-5-12(9-15(14)19-2)16-10-11-3-6-13(17)7-4-11/h3-9,16-17H,10H2,1-2H3. The molecule has 0 spiro atoms. The van der Waals surface area contributed by atoms with E-state index < -0.39 is 0 Å². The number of phenols is 1. The van der Waals surface area contributed by atoms with Crippen molar-refractivity contribution in [2.75, 3.05) is 19.5 Å². The van der Waals surface area contributed by atoms with Gasteiger partial charge in [0.25, 0.3) is 0 Å². The molecule has 0 bridgehead atoms. The molecule has 0 heterocycles. The van der Waals surface area contributed by atoms with Crippen LogP contribution in [-0.2, 0) is 6.54 Å². The number of nitrogens with one attached hydrogen (secondary N) is 1. The van der Waals surface area contributed by atoms with Crippen molar-refractivity contribution >= 4 is 5.69 Å². The summed E-state index contributed by atoms with van der Waals surface area (Å²) in [5.41, 5.74) is 2.04. The third-order valence-electron chi connectivity index (χ3n) is 2.82. The van der Waals surface area contributed by atoms with Gasteiger partial charge >= 0.3 is 0 Å². The molecule has 0 aliphatic rings. The molecule has 0 aliphatic heterocycles. The predicted molar refractivity (Wildman–Crippen MR) is 75.0 cm³/mol. The first-order valence-electron chi connectivity index (χ1n) is 5.96. The van der Waals surface area contributed by atoms with Crippen molar-refractivity contribution in [2.24, 2.45) is 0 Å². The molecule has 0 saturated heterocycles. The van der Waals surface area contributed by atoms with Crippen molar-refractivity contribution < 1.29 is 14.6 Å². The zero-order valence-electron chi connectivity index (χ0n) is 11.0. The smallest absolute Gasteiger partial charge is 0.162 e. The van der Waals surface area contributed by atoms with Crippen molar-refractivity contribution in [1.82, 2.24) is 0 Å². The molecule has 2 rings (SSSR count). The van der Waals surface area contributed by atoms with Crippen LogP contribution in [-0.4, -0.2) is 19.3 Å². The van der Waals surface area contributed by atoms with Crippen molar-refractivity contribution in [3.63, 3.8) is 0 Å². The number of benzene rings is 2. The van der Waals surface area contributed by atoms with Gasteiger partial charge in [0, 0.05) is 18.3 Å². The molecule has 0 fully saturated rings. The Bertz CT molecular complexity index is 538. The Morgan fingerprint density at radius 3 is 2.26 bits per heavy atom. The highest BCUT2D eigenvalue weighted by atomic mass is 16.5. The number of ether oxygens (including phenoxy) is 2. The summed E-state index contributed by atoms with van der Waals surface area (Å²) in [5, 5.41) is 12.5. The first-order chi connectivity index (χ1) is 9.22.